The summed E-state index contributed by atoms with van der Waals surface area (Å²) in [4.78, 5) is 30.1. The van der Waals surface area contributed by atoms with Crippen LogP contribution in [0, 0.1) is 17.8 Å². The van der Waals surface area contributed by atoms with Gasteiger partial charge in [-0.15, -0.1) is 0 Å². The number of carbonyl (C=O) groups excluding carboxylic acids is 2. The molecule has 0 radical (unpaired) electrons. The summed E-state index contributed by atoms with van der Waals surface area (Å²) in [7, 11) is 1.58. The minimum absolute atomic E-state index is 0.124. The van der Waals surface area contributed by atoms with Gasteiger partial charge in [0.15, 0.2) is 5.82 Å². The Bertz CT molecular complexity index is 979. The van der Waals surface area contributed by atoms with Gasteiger partial charge in [-0.1, -0.05) is 6.07 Å². The number of carbonyl (C=O) groups is 2. The first-order valence-corrected chi connectivity index (χ1v) is 11.5. The molecule has 1 atom stereocenters. The summed E-state index contributed by atoms with van der Waals surface area (Å²) in [5.41, 5.74) is 0.249. The topological polar surface area (TPSA) is 107 Å². The number of anilines is 1. The van der Waals surface area contributed by atoms with E-state index in [9.17, 15) is 9.59 Å². The van der Waals surface area contributed by atoms with Gasteiger partial charge < -0.3 is 20.1 Å². The Hall–Kier alpha value is -3.10. The van der Waals surface area contributed by atoms with Gasteiger partial charge in [-0.05, 0) is 70.3 Å². The number of ether oxygens (including phenoxy) is 2. The number of nitrogens with zero attached hydrogens (tertiary/aromatic N) is 3. The lowest BCUT2D eigenvalue weighted by Crippen LogP contribution is -2.51. The first kappa shape index (κ1) is 23.1. The lowest BCUT2D eigenvalue weighted by Gasteiger charge is -2.28. The first-order chi connectivity index (χ1) is 15.7. The molecule has 2 fully saturated rings. The molecule has 2 aromatic rings. The van der Waals surface area contributed by atoms with Crippen LogP contribution in [0.25, 0.3) is 0 Å². The highest BCUT2D eigenvalue weighted by atomic mass is 16.6. The molecule has 2 N–H and O–H groups in total. The summed E-state index contributed by atoms with van der Waals surface area (Å²) in [5, 5.41) is 10.2. The molecule has 33 heavy (non-hydrogen) atoms. The maximum atomic E-state index is 13.3. The predicted molar refractivity (Wildman–Crippen MR) is 123 cm³/mol. The van der Waals surface area contributed by atoms with Crippen molar-refractivity contribution in [3.8, 4) is 5.88 Å². The molecule has 0 spiro atoms. The zero-order valence-corrected chi connectivity index (χ0v) is 19.7. The Morgan fingerprint density at radius 2 is 1.88 bits per heavy atom. The van der Waals surface area contributed by atoms with Crippen LogP contribution in [0.15, 0.2) is 30.6 Å². The van der Waals surface area contributed by atoms with Gasteiger partial charge in [-0.25, -0.2) is 9.78 Å². The predicted octanol–water partition coefficient (Wildman–Crippen LogP) is 3.60. The molecule has 0 aromatic carbocycles. The third kappa shape index (κ3) is 6.24. The average Bonchev–Trinajstić information content (AvgIpc) is 3.67. The molecule has 9 nitrogen and oxygen atoms in total. The molecule has 2 heterocycles. The van der Waals surface area contributed by atoms with Crippen LogP contribution in [-0.2, 0) is 16.1 Å². The smallest absolute Gasteiger partial charge is 0.408 e. The highest BCUT2D eigenvalue weighted by molar-refractivity contribution is 5.96. The van der Waals surface area contributed by atoms with E-state index in [2.05, 4.69) is 20.7 Å². The summed E-state index contributed by atoms with van der Waals surface area (Å²) in [6.45, 7) is 5.89. The Morgan fingerprint density at radius 3 is 2.48 bits per heavy atom. The van der Waals surface area contributed by atoms with E-state index in [0.717, 1.165) is 31.2 Å². The van der Waals surface area contributed by atoms with Crippen molar-refractivity contribution in [2.45, 2.75) is 64.6 Å². The van der Waals surface area contributed by atoms with Crippen LogP contribution < -0.4 is 15.4 Å². The van der Waals surface area contributed by atoms with Gasteiger partial charge in [0.25, 0.3) is 0 Å². The van der Waals surface area contributed by atoms with Crippen molar-refractivity contribution in [1.29, 1.82) is 0 Å². The van der Waals surface area contributed by atoms with Gasteiger partial charge in [-0.3, -0.25) is 9.48 Å². The van der Waals surface area contributed by atoms with Gasteiger partial charge in [0, 0.05) is 24.0 Å². The standard InChI is InChI=1S/C24H33N5O4/c1-24(2,3)33-23(31)27-20(19(15-7-8-15)16-9-10-16)21(30)26-18-11-13-29(28-18)14-17-6-5-12-25-22(17)32-4/h5-6,11-13,15-16,19-20H,7-10,14H2,1-4H3,(H,27,31)(H,26,28,30)/t20-/m0/s1. The number of aromatic nitrogens is 3. The molecular weight excluding hydrogens is 422 g/mol. The van der Waals surface area contributed by atoms with Gasteiger partial charge in [0.2, 0.25) is 11.8 Å². The Kier molecular flexibility index (Phi) is 6.58. The highest BCUT2D eigenvalue weighted by Crippen LogP contribution is 2.50. The monoisotopic (exact) mass is 455 g/mol. The summed E-state index contributed by atoms with van der Waals surface area (Å²) in [6.07, 6.45) is 7.29. The average molecular weight is 456 g/mol. The summed E-state index contributed by atoms with van der Waals surface area (Å²) < 4.78 is 12.5. The Morgan fingerprint density at radius 1 is 1.18 bits per heavy atom. The molecule has 2 aliphatic carbocycles. The van der Waals surface area contributed by atoms with Crippen molar-refractivity contribution in [2.75, 3.05) is 12.4 Å². The van der Waals surface area contributed by atoms with E-state index in [1.54, 1.807) is 30.3 Å². The van der Waals surface area contributed by atoms with E-state index in [-0.39, 0.29) is 11.8 Å². The van der Waals surface area contributed by atoms with E-state index in [1.165, 1.54) is 0 Å². The summed E-state index contributed by atoms with van der Waals surface area (Å²) in [6, 6.07) is 4.85. The fourth-order valence-electron chi connectivity index (χ4n) is 4.29. The van der Waals surface area contributed by atoms with E-state index in [0.29, 0.717) is 30.1 Å². The fourth-order valence-corrected chi connectivity index (χ4v) is 4.29. The number of nitrogens with one attached hydrogen (secondary N) is 2. The highest BCUT2D eigenvalue weighted by Gasteiger charge is 2.48. The zero-order valence-electron chi connectivity index (χ0n) is 19.7. The number of rotatable bonds is 9. The SMILES string of the molecule is COc1ncccc1Cn1ccc(NC(=O)[C@@H](NC(=O)OC(C)(C)C)C(C2CC2)C2CC2)n1. The molecular formula is C24H33N5O4. The van der Waals surface area contributed by atoms with Gasteiger partial charge in [0.05, 0.1) is 13.7 Å². The summed E-state index contributed by atoms with van der Waals surface area (Å²) in [5.74, 6) is 1.78. The normalized spacial score (nSPS) is 16.9. The maximum absolute atomic E-state index is 13.3. The number of alkyl carbamates (subject to hydrolysis) is 1. The molecule has 2 aliphatic rings. The second-order valence-corrected chi connectivity index (χ2v) is 9.94. The molecule has 0 saturated heterocycles. The lowest BCUT2D eigenvalue weighted by atomic mass is 9.89. The first-order valence-electron chi connectivity index (χ1n) is 11.5. The van der Waals surface area contributed by atoms with Crippen molar-refractivity contribution < 1.29 is 19.1 Å². The van der Waals surface area contributed by atoms with E-state index >= 15 is 0 Å². The van der Waals surface area contributed by atoms with E-state index in [1.807, 2.05) is 32.9 Å². The second kappa shape index (κ2) is 9.41. The van der Waals surface area contributed by atoms with Crippen molar-refractivity contribution in [3.63, 3.8) is 0 Å². The number of pyridine rings is 1. The van der Waals surface area contributed by atoms with Crippen LogP contribution in [0.5, 0.6) is 5.88 Å². The molecule has 2 amide bonds. The van der Waals surface area contributed by atoms with Crippen LogP contribution in [0.4, 0.5) is 10.6 Å². The number of amides is 2. The van der Waals surface area contributed by atoms with Crippen molar-refractivity contribution >= 4 is 17.8 Å². The van der Waals surface area contributed by atoms with Crippen molar-refractivity contribution in [1.82, 2.24) is 20.1 Å². The molecule has 178 valence electrons. The molecule has 0 aliphatic heterocycles. The zero-order chi connectivity index (χ0) is 23.6. The van der Waals surface area contributed by atoms with Crippen molar-refractivity contribution in [2.24, 2.45) is 17.8 Å². The molecule has 0 unspecified atom stereocenters. The van der Waals surface area contributed by atoms with E-state index in [4.69, 9.17) is 9.47 Å². The van der Waals surface area contributed by atoms with E-state index < -0.39 is 17.7 Å². The van der Waals surface area contributed by atoms with Crippen LogP contribution in [0.1, 0.15) is 52.0 Å². The minimum Gasteiger partial charge on any atom is -0.481 e. The maximum Gasteiger partial charge on any atom is 0.408 e. The third-order valence-corrected chi connectivity index (χ3v) is 5.94. The second-order valence-electron chi connectivity index (χ2n) is 9.94. The quantitative estimate of drug-likeness (QED) is 0.598. The van der Waals surface area contributed by atoms with Crippen LogP contribution in [-0.4, -0.2) is 45.5 Å². The molecule has 9 heteroatoms. The molecule has 2 aromatic heterocycles. The van der Waals surface area contributed by atoms with Crippen LogP contribution >= 0.6 is 0 Å². The van der Waals surface area contributed by atoms with Gasteiger partial charge in [0.1, 0.15) is 11.6 Å². The Balaban J connectivity index is 1.46. The van der Waals surface area contributed by atoms with Crippen LogP contribution in [0.3, 0.4) is 0 Å². The fraction of sp³-hybridized carbons (Fsp3) is 0.583. The van der Waals surface area contributed by atoms with Crippen molar-refractivity contribution in [3.05, 3.63) is 36.2 Å². The minimum atomic E-state index is -0.650. The lowest BCUT2D eigenvalue weighted by molar-refractivity contribution is -0.120. The summed E-state index contributed by atoms with van der Waals surface area (Å²) >= 11 is 0. The van der Waals surface area contributed by atoms with Crippen LogP contribution in [0.2, 0.25) is 0 Å². The van der Waals surface area contributed by atoms with Gasteiger partial charge >= 0.3 is 6.09 Å². The number of hydrogen-bond acceptors (Lipinski definition) is 6. The Labute approximate surface area is 194 Å². The largest absolute Gasteiger partial charge is 0.481 e. The number of hydrogen-bond donors (Lipinski definition) is 2. The van der Waals surface area contributed by atoms with Gasteiger partial charge in [-0.2, -0.15) is 5.10 Å². The molecule has 4 rings (SSSR count). The third-order valence-electron chi connectivity index (χ3n) is 5.94. The molecule has 0 bridgehead atoms. The number of methoxy groups -OCH3 is 1. The molecule has 2 saturated carbocycles.